The summed E-state index contributed by atoms with van der Waals surface area (Å²) in [5.74, 6) is 1.30. The minimum absolute atomic E-state index is 0.224. The first-order valence-electron chi connectivity index (χ1n) is 5.46. The van der Waals surface area contributed by atoms with Crippen LogP contribution >= 0.6 is 22.9 Å². The average Bonchev–Trinajstić information content (AvgIpc) is 2.97. The van der Waals surface area contributed by atoms with Crippen molar-refractivity contribution in [3.63, 3.8) is 0 Å². The summed E-state index contributed by atoms with van der Waals surface area (Å²) in [6.45, 7) is 0.982. The highest BCUT2D eigenvalue weighted by Crippen LogP contribution is 2.42. The van der Waals surface area contributed by atoms with Crippen LogP contribution in [0.25, 0.3) is 10.6 Å². The molecule has 0 atom stereocenters. The largest absolute Gasteiger partial charge is 0.454 e. The molecule has 0 saturated heterocycles. The maximum atomic E-state index is 6.15. The Morgan fingerprint density at radius 3 is 3.17 bits per heavy atom. The second-order valence-electron chi connectivity index (χ2n) is 3.87. The van der Waals surface area contributed by atoms with Crippen molar-refractivity contribution in [2.24, 2.45) is 0 Å². The van der Waals surface area contributed by atoms with E-state index in [4.69, 9.17) is 21.1 Å². The zero-order valence-electron chi connectivity index (χ0n) is 9.70. The van der Waals surface area contributed by atoms with E-state index < -0.39 is 0 Å². The summed E-state index contributed by atoms with van der Waals surface area (Å²) in [5, 5.41) is 6.60. The molecule has 1 N–H and O–H groups in total. The normalized spacial score (nSPS) is 13.0. The van der Waals surface area contributed by atoms with Crippen molar-refractivity contribution < 1.29 is 9.47 Å². The number of ether oxygens (including phenoxy) is 2. The number of benzene rings is 1. The highest BCUT2D eigenvalue weighted by molar-refractivity contribution is 7.13. The third kappa shape index (κ3) is 2.05. The van der Waals surface area contributed by atoms with Crippen LogP contribution in [0.2, 0.25) is 5.02 Å². The zero-order chi connectivity index (χ0) is 12.5. The molecule has 2 heterocycles. The molecule has 4 nitrogen and oxygen atoms in total. The topological polar surface area (TPSA) is 43.4 Å². The van der Waals surface area contributed by atoms with Crippen molar-refractivity contribution in [1.29, 1.82) is 0 Å². The van der Waals surface area contributed by atoms with Gasteiger partial charge in [0.2, 0.25) is 6.79 Å². The monoisotopic (exact) mass is 282 g/mol. The molecular formula is C12H11ClN2O2S. The van der Waals surface area contributed by atoms with Gasteiger partial charge in [0.25, 0.3) is 0 Å². The highest BCUT2D eigenvalue weighted by Gasteiger charge is 2.19. The van der Waals surface area contributed by atoms with Gasteiger partial charge in [-0.05, 0) is 19.2 Å². The minimum Gasteiger partial charge on any atom is -0.454 e. The predicted octanol–water partition coefficient (Wildman–Crippen LogP) is 2.91. The molecule has 0 unspecified atom stereocenters. The molecule has 0 radical (unpaired) electrons. The first-order chi connectivity index (χ1) is 8.78. The van der Waals surface area contributed by atoms with Crippen LogP contribution in [0.15, 0.2) is 17.5 Å². The van der Waals surface area contributed by atoms with Gasteiger partial charge in [-0.15, -0.1) is 11.3 Å². The Morgan fingerprint density at radius 2 is 2.33 bits per heavy atom. The Labute approximate surface area is 114 Å². The van der Waals surface area contributed by atoms with E-state index in [9.17, 15) is 0 Å². The summed E-state index contributed by atoms with van der Waals surface area (Å²) < 4.78 is 10.6. The van der Waals surface area contributed by atoms with E-state index in [0.29, 0.717) is 16.5 Å². The van der Waals surface area contributed by atoms with E-state index >= 15 is 0 Å². The zero-order valence-corrected chi connectivity index (χ0v) is 11.3. The number of nitrogens with one attached hydrogen (secondary N) is 1. The molecule has 6 heteroatoms. The third-order valence-corrected chi connectivity index (χ3v) is 3.80. The quantitative estimate of drug-likeness (QED) is 0.940. The Hall–Kier alpha value is -1.30. The molecule has 18 heavy (non-hydrogen) atoms. The van der Waals surface area contributed by atoms with Crippen molar-refractivity contribution >= 4 is 22.9 Å². The predicted molar refractivity (Wildman–Crippen MR) is 71.4 cm³/mol. The number of aromatic nitrogens is 1. The van der Waals surface area contributed by atoms with E-state index in [2.05, 4.69) is 10.3 Å². The molecule has 1 aromatic heterocycles. The van der Waals surface area contributed by atoms with Gasteiger partial charge in [0.05, 0.1) is 10.7 Å². The number of nitrogens with zero attached hydrogens (tertiary/aromatic N) is 1. The van der Waals surface area contributed by atoms with Gasteiger partial charge in [0.1, 0.15) is 5.01 Å². The van der Waals surface area contributed by atoms with Gasteiger partial charge in [-0.3, -0.25) is 0 Å². The Kier molecular flexibility index (Phi) is 3.11. The van der Waals surface area contributed by atoms with Crippen molar-refractivity contribution in [1.82, 2.24) is 10.3 Å². The van der Waals surface area contributed by atoms with Crippen molar-refractivity contribution in [2.45, 2.75) is 6.54 Å². The lowest BCUT2D eigenvalue weighted by Gasteiger charge is -2.02. The van der Waals surface area contributed by atoms with Crippen LogP contribution < -0.4 is 14.8 Å². The SMILES string of the molecule is CNCc1csc(-c2cc(Cl)c3c(c2)OCO3)n1. The summed E-state index contributed by atoms with van der Waals surface area (Å²) >= 11 is 7.74. The van der Waals surface area contributed by atoms with E-state index in [1.54, 1.807) is 11.3 Å². The molecule has 3 rings (SSSR count). The summed E-state index contributed by atoms with van der Waals surface area (Å²) in [6.07, 6.45) is 0. The smallest absolute Gasteiger partial charge is 0.231 e. The summed E-state index contributed by atoms with van der Waals surface area (Å²) in [4.78, 5) is 4.54. The van der Waals surface area contributed by atoms with Crippen molar-refractivity contribution in [2.75, 3.05) is 13.8 Å². The van der Waals surface area contributed by atoms with Gasteiger partial charge >= 0.3 is 0 Å². The fraction of sp³-hybridized carbons (Fsp3) is 0.250. The van der Waals surface area contributed by atoms with E-state index in [-0.39, 0.29) is 6.79 Å². The van der Waals surface area contributed by atoms with Gasteiger partial charge in [-0.2, -0.15) is 0 Å². The molecule has 0 fully saturated rings. The number of hydrogen-bond acceptors (Lipinski definition) is 5. The summed E-state index contributed by atoms with van der Waals surface area (Å²) in [5.41, 5.74) is 1.97. The lowest BCUT2D eigenvalue weighted by atomic mass is 10.2. The van der Waals surface area contributed by atoms with Crippen LogP contribution in [0.3, 0.4) is 0 Å². The van der Waals surface area contributed by atoms with Crippen LogP contribution in [0.4, 0.5) is 0 Å². The summed E-state index contributed by atoms with van der Waals surface area (Å²) in [6, 6.07) is 3.77. The Balaban J connectivity index is 1.98. The van der Waals surface area contributed by atoms with Gasteiger partial charge in [-0.1, -0.05) is 11.6 Å². The first kappa shape index (κ1) is 11.8. The third-order valence-electron chi connectivity index (χ3n) is 2.58. The van der Waals surface area contributed by atoms with Crippen LogP contribution in [0, 0.1) is 0 Å². The summed E-state index contributed by atoms with van der Waals surface area (Å²) in [7, 11) is 1.90. The van der Waals surface area contributed by atoms with E-state index in [1.807, 2.05) is 24.6 Å². The maximum absolute atomic E-state index is 6.15. The number of halogens is 1. The molecule has 0 spiro atoms. The molecule has 0 bridgehead atoms. The van der Waals surface area contributed by atoms with Crippen LogP contribution in [-0.2, 0) is 6.54 Å². The maximum Gasteiger partial charge on any atom is 0.231 e. The first-order valence-corrected chi connectivity index (χ1v) is 6.72. The van der Waals surface area contributed by atoms with Gasteiger partial charge in [0.15, 0.2) is 11.5 Å². The molecule has 0 saturated carbocycles. The van der Waals surface area contributed by atoms with E-state index in [0.717, 1.165) is 22.8 Å². The van der Waals surface area contributed by atoms with Gasteiger partial charge in [-0.25, -0.2) is 4.98 Å². The van der Waals surface area contributed by atoms with Gasteiger partial charge in [0, 0.05) is 17.5 Å². The second-order valence-corrected chi connectivity index (χ2v) is 5.13. The van der Waals surface area contributed by atoms with E-state index in [1.165, 1.54) is 0 Å². The molecule has 1 aliphatic heterocycles. The van der Waals surface area contributed by atoms with Gasteiger partial charge < -0.3 is 14.8 Å². The Morgan fingerprint density at radius 1 is 1.44 bits per heavy atom. The van der Waals surface area contributed by atoms with Crippen LogP contribution in [-0.4, -0.2) is 18.8 Å². The fourth-order valence-electron chi connectivity index (χ4n) is 1.79. The minimum atomic E-state index is 0.224. The number of thiazole rings is 1. The molecule has 0 aliphatic carbocycles. The standard InChI is InChI=1S/C12H11ClN2O2S/c1-14-4-8-5-18-12(15-8)7-2-9(13)11-10(3-7)16-6-17-11/h2-3,5,14H,4,6H2,1H3. The fourth-order valence-corrected chi connectivity index (χ4v) is 2.87. The number of fused-ring (bicyclic) bond motifs is 1. The lowest BCUT2D eigenvalue weighted by molar-refractivity contribution is 0.174. The molecule has 94 valence electrons. The number of hydrogen-bond donors (Lipinski definition) is 1. The number of rotatable bonds is 3. The molecule has 2 aromatic rings. The molecule has 0 amide bonds. The molecular weight excluding hydrogens is 272 g/mol. The lowest BCUT2D eigenvalue weighted by Crippen LogP contribution is -2.04. The highest BCUT2D eigenvalue weighted by atomic mass is 35.5. The van der Waals surface area contributed by atoms with Crippen LogP contribution in [0.5, 0.6) is 11.5 Å². The molecule has 1 aliphatic rings. The van der Waals surface area contributed by atoms with Crippen molar-refractivity contribution in [3.8, 4) is 22.1 Å². The molecule has 1 aromatic carbocycles. The van der Waals surface area contributed by atoms with Crippen molar-refractivity contribution in [3.05, 3.63) is 28.2 Å². The Bertz CT molecular complexity index is 585. The van der Waals surface area contributed by atoms with Crippen LogP contribution in [0.1, 0.15) is 5.69 Å². The second kappa shape index (κ2) is 4.76. The average molecular weight is 283 g/mol.